The Hall–Kier alpha value is -0.990. The summed E-state index contributed by atoms with van der Waals surface area (Å²) in [6.07, 6.45) is 0.706. The fourth-order valence-corrected chi connectivity index (χ4v) is 0.696. The molecular formula is C10H20O3. The number of hydrogen-bond acceptors (Lipinski definition) is 3. The van der Waals surface area contributed by atoms with Crippen molar-refractivity contribution in [2.24, 2.45) is 0 Å². The Kier molecular flexibility index (Phi) is 10.2. The van der Waals surface area contributed by atoms with E-state index >= 15 is 0 Å². The highest BCUT2D eigenvalue weighted by Gasteiger charge is 2.03. The van der Waals surface area contributed by atoms with Crippen molar-refractivity contribution in [2.45, 2.75) is 48.0 Å². The van der Waals surface area contributed by atoms with E-state index in [0.29, 0.717) is 17.9 Å². The number of aryl methyl sites for hydroxylation is 2. The summed E-state index contributed by atoms with van der Waals surface area (Å²) in [7, 11) is 0. The van der Waals surface area contributed by atoms with Crippen molar-refractivity contribution in [3.8, 4) is 0 Å². The van der Waals surface area contributed by atoms with Crippen LogP contribution in [0.1, 0.15) is 46.1 Å². The zero-order valence-electron chi connectivity index (χ0n) is 9.43. The lowest BCUT2D eigenvalue weighted by Gasteiger charge is -1.82. The van der Waals surface area contributed by atoms with Crippen LogP contribution in [-0.4, -0.2) is 0 Å². The van der Waals surface area contributed by atoms with Crippen molar-refractivity contribution in [3.05, 3.63) is 22.1 Å². The first kappa shape index (κ1) is 14.5. The first-order valence-corrected chi connectivity index (χ1v) is 4.83. The molecule has 0 aliphatic carbocycles. The molecule has 1 rings (SSSR count). The lowest BCUT2D eigenvalue weighted by atomic mass is 10.3. The van der Waals surface area contributed by atoms with E-state index in [2.05, 4.69) is 8.83 Å². The van der Waals surface area contributed by atoms with Gasteiger partial charge in [-0.3, -0.25) is 0 Å². The van der Waals surface area contributed by atoms with Gasteiger partial charge in [-0.2, -0.15) is 0 Å². The molecule has 0 unspecified atom stereocenters. The smallest absolute Gasteiger partial charge is 0.396 e. The van der Waals surface area contributed by atoms with Crippen LogP contribution in [0.5, 0.6) is 0 Å². The van der Waals surface area contributed by atoms with Crippen LogP contribution in [0.2, 0.25) is 0 Å². The largest absolute Gasteiger partial charge is 0.519 e. The summed E-state index contributed by atoms with van der Waals surface area (Å²) in [5.74, 6) is 0.617. The molecule has 1 aromatic rings. The monoisotopic (exact) mass is 188 g/mol. The summed E-state index contributed by atoms with van der Waals surface area (Å²) in [5, 5.41) is 0. The van der Waals surface area contributed by atoms with Crippen molar-refractivity contribution < 1.29 is 8.83 Å². The summed E-state index contributed by atoms with van der Waals surface area (Å²) in [6, 6.07) is 0. The lowest BCUT2D eigenvalue weighted by molar-refractivity contribution is 0.370. The third-order valence-corrected chi connectivity index (χ3v) is 1.16. The van der Waals surface area contributed by atoms with Gasteiger partial charge in [0.1, 0.15) is 11.5 Å². The molecule has 0 fully saturated rings. The van der Waals surface area contributed by atoms with Crippen LogP contribution in [-0.2, 0) is 6.42 Å². The van der Waals surface area contributed by atoms with E-state index in [1.807, 2.05) is 34.6 Å². The molecule has 0 aliphatic heterocycles. The van der Waals surface area contributed by atoms with Crippen molar-refractivity contribution >= 4 is 0 Å². The van der Waals surface area contributed by atoms with Crippen LogP contribution < -0.4 is 5.82 Å². The highest BCUT2D eigenvalue weighted by molar-refractivity contribution is 4.99. The van der Waals surface area contributed by atoms with Crippen LogP contribution >= 0.6 is 0 Å². The third kappa shape index (κ3) is 5.28. The van der Waals surface area contributed by atoms with Crippen molar-refractivity contribution in [3.63, 3.8) is 0 Å². The first-order chi connectivity index (χ1) is 6.24. The van der Waals surface area contributed by atoms with Gasteiger partial charge in [0.2, 0.25) is 0 Å². The summed E-state index contributed by atoms with van der Waals surface area (Å²) in [6.45, 7) is 11.6. The van der Waals surface area contributed by atoms with Crippen LogP contribution in [0.4, 0.5) is 0 Å². The Balaban J connectivity index is 0. The summed E-state index contributed by atoms with van der Waals surface area (Å²) < 4.78 is 9.22. The van der Waals surface area contributed by atoms with E-state index in [-0.39, 0.29) is 0 Å². The fraction of sp³-hybridized carbons (Fsp3) is 0.700. The topological polar surface area (TPSA) is 43.4 Å². The molecule has 1 aromatic heterocycles. The van der Waals surface area contributed by atoms with Gasteiger partial charge in [-0.05, 0) is 6.92 Å². The van der Waals surface area contributed by atoms with Gasteiger partial charge in [-0.25, -0.2) is 4.79 Å². The Morgan fingerprint density at radius 3 is 1.69 bits per heavy atom. The maximum atomic E-state index is 10.3. The molecule has 3 heteroatoms. The van der Waals surface area contributed by atoms with Gasteiger partial charge in [0, 0.05) is 6.42 Å². The lowest BCUT2D eigenvalue weighted by Crippen LogP contribution is -1.85. The van der Waals surface area contributed by atoms with Crippen LogP contribution in [0.15, 0.2) is 13.6 Å². The highest BCUT2D eigenvalue weighted by Crippen LogP contribution is 2.03. The van der Waals surface area contributed by atoms with Crippen molar-refractivity contribution in [1.29, 1.82) is 0 Å². The van der Waals surface area contributed by atoms with Gasteiger partial charge in [0.25, 0.3) is 0 Å². The van der Waals surface area contributed by atoms with E-state index in [1.165, 1.54) is 0 Å². The van der Waals surface area contributed by atoms with Crippen LogP contribution in [0, 0.1) is 6.92 Å². The summed E-state index contributed by atoms with van der Waals surface area (Å²) in [5.41, 5.74) is 0. The predicted molar refractivity (Wildman–Crippen MR) is 54.1 cm³/mol. The van der Waals surface area contributed by atoms with Gasteiger partial charge < -0.3 is 8.83 Å². The van der Waals surface area contributed by atoms with E-state index in [4.69, 9.17) is 0 Å². The minimum absolute atomic E-state index is 0.586. The predicted octanol–water partition coefficient (Wildman–Crippen LogP) is 3.16. The molecule has 0 amide bonds. The van der Waals surface area contributed by atoms with Crippen LogP contribution in [0.25, 0.3) is 0 Å². The molecule has 0 saturated carbocycles. The minimum Gasteiger partial charge on any atom is -0.396 e. The van der Waals surface area contributed by atoms with Crippen molar-refractivity contribution in [1.82, 2.24) is 0 Å². The maximum Gasteiger partial charge on any atom is 0.519 e. The molecular weight excluding hydrogens is 168 g/mol. The molecule has 0 N–H and O–H groups in total. The highest BCUT2D eigenvalue weighted by atomic mass is 16.6. The molecule has 0 atom stereocenters. The average Bonchev–Trinajstić information content (AvgIpc) is 2.51. The normalized spacial score (nSPS) is 7.85. The Morgan fingerprint density at radius 2 is 1.54 bits per heavy atom. The molecule has 0 spiro atoms. The van der Waals surface area contributed by atoms with Crippen LogP contribution in [0.3, 0.4) is 0 Å². The SMILES string of the molecule is CC.CC.CCc1oc(=O)oc1C. The quantitative estimate of drug-likeness (QED) is 0.680. The molecule has 78 valence electrons. The second kappa shape index (κ2) is 9.10. The average molecular weight is 188 g/mol. The van der Waals surface area contributed by atoms with E-state index < -0.39 is 5.82 Å². The van der Waals surface area contributed by atoms with Gasteiger partial charge in [-0.1, -0.05) is 34.6 Å². The third-order valence-electron chi connectivity index (χ3n) is 1.16. The molecule has 0 saturated heterocycles. The summed E-state index contributed by atoms with van der Waals surface area (Å²) in [4.78, 5) is 10.3. The van der Waals surface area contributed by atoms with Gasteiger partial charge in [0.05, 0.1) is 0 Å². The van der Waals surface area contributed by atoms with E-state index in [0.717, 1.165) is 0 Å². The number of rotatable bonds is 1. The Morgan fingerprint density at radius 1 is 1.08 bits per heavy atom. The molecule has 0 radical (unpaired) electrons. The second-order valence-electron chi connectivity index (χ2n) is 1.79. The van der Waals surface area contributed by atoms with Crippen molar-refractivity contribution in [2.75, 3.05) is 0 Å². The summed E-state index contributed by atoms with van der Waals surface area (Å²) >= 11 is 0. The molecule has 0 bridgehead atoms. The minimum atomic E-state index is -0.607. The van der Waals surface area contributed by atoms with E-state index in [1.54, 1.807) is 6.92 Å². The van der Waals surface area contributed by atoms with Gasteiger partial charge >= 0.3 is 5.82 Å². The first-order valence-electron chi connectivity index (χ1n) is 4.83. The molecule has 13 heavy (non-hydrogen) atoms. The van der Waals surface area contributed by atoms with Gasteiger partial charge in [-0.15, -0.1) is 0 Å². The van der Waals surface area contributed by atoms with Gasteiger partial charge in [0.15, 0.2) is 0 Å². The molecule has 1 heterocycles. The van der Waals surface area contributed by atoms with E-state index in [9.17, 15) is 4.79 Å². The Bertz CT molecular complexity index is 245. The molecule has 3 nitrogen and oxygen atoms in total. The zero-order valence-corrected chi connectivity index (χ0v) is 9.43. The zero-order chi connectivity index (χ0) is 10.9. The Labute approximate surface area is 79.8 Å². The second-order valence-corrected chi connectivity index (χ2v) is 1.79. The molecule has 0 aliphatic rings. The maximum absolute atomic E-state index is 10.3. The fourth-order valence-electron chi connectivity index (χ4n) is 0.696. The number of hydrogen-bond donors (Lipinski definition) is 0. The standard InChI is InChI=1S/C6H8O3.2C2H6/c1-3-5-4(2)8-6(7)9-5;2*1-2/h3H2,1-2H3;2*1-2H3. The molecule has 0 aromatic carbocycles.